The smallest absolute Gasteiger partial charge is 0.348 e. The van der Waals surface area contributed by atoms with Crippen LogP contribution in [-0.4, -0.2) is 45.3 Å². The molecule has 0 unspecified atom stereocenters. The second-order valence-corrected chi connectivity index (χ2v) is 9.77. The largest absolute Gasteiger partial charge is 0.486 e. The molecule has 4 rings (SSSR count). The van der Waals surface area contributed by atoms with Gasteiger partial charge in [-0.3, -0.25) is 14.7 Å². The van der Waals surface area contributed by atoms with Gasteiger partial charge in [0.25, 0.3) is 5.91 Å². The molecule has 0 atom stereocenters. The van der Waals surface area contributed by atoms with E-state index in [0.29, 0.717) is 28.0 Å². The Morgan fingerprint density at radius 3 is 2.45 bits per heavy atom. The van der Waals surface area contributed by atoms with Crippen LogP contribution in [0.25, 0.3) is 0 Å². The third kappa shape index (κ3) is 6.99. The fourth-order valence-corrected chi connectivity index (χ4v) is 5.08. The first kappa shape index (κ1) is 26.9. The number of thiophene rings is 1. The summed E-state index contributed by atoms with van der Waals surface area (Å²) < 4.78 is 10.8. The molecule has 3 N–H and O–H groups in total. The van der Waals surface area contributed by atoms with Crippen molar-refractivity contribution in [2.75, 3.05) is 23.0 Å². The van der Waals surface area contributed by atoms with E-state index < -0.39 is 11.9 Å². The summed E-state index contributed by atoms with van der Waals surface area (Å²) in [5.74, 6) is -0.164. The summed E-state index contributed by atoms with van der Waals surface area (Å²) in [6, 6.07) is 18.2. The Labute approximate surface area is 227 Å². The number of hydrogen-bond acceptors (Lipinski definition) is 9. The highest BCUT2D eigenvalue weighted by Crippen LogP contribution is 2.34. The minimum atomic E-state index is -0.551. The molecule has 2 aromatic heterocycles. The number of amides is 2. The summed E-state index contributed by atoms with van der Waals surface area (Å²) in [7, 11) is 0. The number of anilines is 2. The zero-order chi connectivity index (χ0) is 26.9. The maximum atomic E-state index is 13.1. The predicted molar refractivity (Wildman–Crippen MR) is 146 cm³/mol. The number of aromatic nitrogens is 3. The molecule has 0 radical (unpaired) electrons. The number of hydrogen-bond donors (Lipinski definition) is 3. The van der Waals surface area contributed by atoms with Gasteiger partial charge in [-0.2, -0.15) is 0 Å². The highest BCUT2D eigenvalue weighted by atomic mass is 32.2. The van der Waals surface area contributed by atoms with Gasteiger partial charge in [0, 0.05) is 5.69 Å². The van der Waals surface area contributed by atoms with Crippen molar-refractivity contribution >= 4 is 51.6 Å². The average molecular weight is 552 g/mol. The monoisotopic (exact) mass is 551 g/mol. The van der Waals surface area contributed by atoms with E-state index >= 15 is 0 Å². The summed E-state index contributed by atoms with van der Waals surface area (Å²) in [5.41, 5.74) is 1.23. The summed E-state index contributed by atoms with van der Waals surface area (Å²) in [5, 5.41) is 13.1. The fraction of sp³-hybridized carbons (Fsp3) is 0.192. The first-order valence-corrected chi connectivity index (χ1v) is 13.4. The minimum absolute atomic E-state index is 0.0116. The third-order valence-corrected chi connectivity index (χ3v) is 7.12. The van der Waals surface area contributed by atoms with Crippen molar-refractivity contribution in [2.24, 2.45) is 0 Å². The minimum Gasteiger partial charge on any atom is -0.486 e. The molecule has 0 aliphatic carbocycles. The van der Waals surface area contributed by atoms with Crippen molar-refractivity contribution in [3.8, 4) is 5.75 Å². The fourth-order valence-electron chi connectivity index (χ4n) is 3.35. The molecule has 2 amide bonds. The van der Waals surface area contributed by atoms with E-state index in [1.165, 1.54) is 0 Å². The standard InChI is InChI=1S/C26H25N5O5S2/c1-3-35-25(34)22-16(2)21(23(33)27-17-10-6-4-7-11-17)24(38-22)29-20(32)15-37-26-28-19(30-31-26)14-36-18-12-8-5-9-13-18/h4-13H,3,14-15H2,1-2H3,(H,27,33)(H,29,32)(H,28,30,31). The van der Waals surface area contributed by atoms with Gasteiger partial charge in [0.05, 0.1) is 17.9 Å². The first-order chi connectivity index (χ1) is 18.4. The van der Waals surface area contributed by atoms with Gasteiger partial charge in [0.1, 0.15) is 22.2 Å². The van der Waals surface area contributed by atoms with Gasteiger partial charge in [-0.1, -0.05) is 48.2 Å². The van der Waals surface area contributed by atoms with E-state index in [1.807, 2.05) is 36.4 Å². The molecule has 38 heavy (non-hydrogen) atoms. The van der Waals surface area contributed by atoms with Gasteiger partial charge >= 0.3 is 5.97 Å². The zero-order valence-electron chi connectivity index (χ0n) is 20.6. The number of esters is 1. The molecular formula is C26H25N5O5S2. The summed E-state index contributed by atoms with van der Waals surface area (Å²) in [6.07, 6.45) is 0. The number of carbonyl (C=O) groups excluding carboxylic acids is 3. The summed E-state index contributed by atoms with van der Waals surface area (Å²) >= 11 is 2.13. The third-order valence-electron chi connectivity index (χ3n) is 5.08. The molecule has 4 aromatic rings. The molecule has 10 nitrogen and oxygen atoms in total. The number of benzene rings is 2. The molecule has 0 saturated heterocycles. The number of thioether (sulfide) groups is 1. The van der Waals surface area contributed by atoms with Gasteiger partial charge in [-0.05, 0) is 43.7 Å². The Bertz CT molecular complexity index is 1410. The van der Waals surface area contributed by atoms with Crippen molar-refractivity contribution in [2.45, 2.75) is 25.6 Å². The molecule has 12 heteroatoms. The van der Waals surface area contributed by atoms with Gasteiger partial charge in [0.2, 0.25) is 11.1 Å². The van der Waals surface area contributed by atoms with E-state index in [2.05, 4.69) is 25.8 Å². The van der Waals surface area contributed by atoms with Crippen LogP contribution in [0.2, 0.25) is 0 Å². The quantitative estimate of drug-likeness (QED) is 0.177. The lowest BCUT2D eigenvalue weighted by Gasteiger charge is -2.08. The first-order valence-electron chi connectivity index (χ1n) is 11.6. The number of carbonyl (C=O) groups is 3. The molecule has 0 fully saturated rings. The summed E-state index contributed by atoms with van der Waals surface area (Å²) in [4.78, 5) is 43.0. The van der Waals surface area contributed by atoms with E-state index in [0.717, 1.165) is 23.1 Å². The Balaban J connectivity index is 1.41. The highest BCUT2D eigenvalue weighted by molar-refractivity contribution is 7.99. The molecular weight excluding hydrogens is 526 g/mol. The van der Waals surface area contributed by atoms with Crippen molar-refractivity contribution in [3.05, 3.63) is 82.5 Å². The van der Waals surface area contributed by atoms with Crippen LogP contribution in [-0.2, 0) is 16.1 Å². The van der Waals surface area contributed by atoms with Gasteiger partial charge in [0.15, 0.2) is 5.82 Å². The maximum Gasteiger partial charge on any atom is 0.348 e. The number of H-pyrrole nitrogens is 1. The Morgan fingerprint density at radius 2 is 1.74 bits per heavy atom. The van der Waals surface area contributed by atoms with Gasteiger partial charge < -0.3 is 20.1 Å². The van der Waals surface area contributed by atoms with Gasteiger partial charge in [-0.15, -0.1) is 16.4 Å². The van der Waals surface area contributed by atoms with Crippen LogP contribution in [0.3, 0.4) is 0 Å². The van der Waals surface area contributed by atoms with Crippen LogP contribution in [0, 0.1) is 6.92 Å². The number of aromatic amines is 1. The summed E-state index contributed by atoms with van der Waals surface area (Å²) in [6.45, 7) is 3.75. The lowest BCUT2D eigenvalue weighted by molar-refractivity contribution is -0.113. The van der Waals surface area contributed by atoms with E-state index in [1.54, 1.807) is 38.1 Å². The Hall–Kier alpha value is -4.16. The normalized spacial score (nSPS) is 10.6. The van der Waals surface area contributed by atoms with Crippen LogP contribution in [0.5, 0.6) is 5.75 Å². The molecule has 2 heterocycles. The average Bonchev–Trinajstić information content (AvgIpc) is 3.51. The predicted octanol–water partition coefficient (Wildman–Crippen LogP) is 4.91. The second kappa shape index (κ2) is 12.9. The van der Waals surface area contributed by atoms with E-state index in [4.69, 9.17) is 9.47 Å². The second-order valence-electron chi connectivity index (χ2n) is 7.80. The number of nitrogens with one attached hydrogen (secondary N) is 3. The highest BCUT2D eigenvalue weighted by Gasteiger charge is 2.26. The molecule has 0 bridgehead atoms. The number of rotatable bonds is 11. The number of para-hydroxylation sites is 2. The lowest BCUT2D eigenvalue weighted by Crippen LogP contribution is -2.18. The van der Waals surface area contributed by atoms with E-state index in [-0.39, 0.29) is 40.3 Å². The maximum absolute atomic E-state index is 13.1. The van der Waals surface area contributed by atoms with Crippen molar-refractivity contribution < 1.29 is 23.9 Å². The van der Waals surface area contributed by atoms with E-state index in [9.17, 15) is 14.4 Å². The molecule has 0 spiro atoms. The Morgan fingerprint density at radius 1 is 1.03 bits per heavy atom. The SMILES string of the molecule is CCOC(=O)c1sc(NC(=O)CSc2n[nH]c(COc3ccccc3)n2)c(C(=O)Nc2ccccc2)c1C. The molecule has 0 aliphatic heterocycles. The van der Waals surface area contributed by atoms with Crippen molar-refractivity contribution in [3.63, 3.8) is 0 Å². The molecule has 2 aromatic carbocycles. The van der Waals surface area contributed by atoms with Crippen LogP contribution in [0.1, 0.15) is 38.3 Å². The molecule has 0 saturated carbocycles. The van der Waals surface area contributed by atoms with Crippen molar-refractivity contribution in [1.82, 2.24) is 15.2 Å². The van der Waals surface area contributed by atoms with Crippen LogP contribution in [0.4, 0.5) is 10.7 Å². The van der Waals surface area contributed by atoms with Crippen molar-refractivity contribution in [1.29, 1.82) is 0 Å². The number of nitrogens with zero attached hydrogens (tertiary/aromatic N) is 2. The Kier molecular flexibility index (Phi) is 9.11. The number of ether oxygens (including phenoxy) is 2. The zero-order valence-corrected chi connectivity index (χ0v) is 22.3. The van der Waals surface area contributed by atoms with Gasteiger partial charge in [-0.25, -0.2) is 9.78 Å². The topological polar surface area (TPSA) is 135 Å². The lowest BCUT2D eigenvalue weighted by atomic mass is 10.1. The van der Waals surface area contributed by atoms with Crippen LogP contribution in [0.15, 0.2) is 65.8 Å². The molecule has 0 aliphatic rings. The van der Waals surface area contributed by atoms with Crippen LogP contribution >= 0.6 is 23.1 Å². The van der Waals surface area contributed by atoms with Crippen LogP contribution < -0.4 is 15.4 Å². The molecule has 196 valence electrons.